The largest absolute Gasteiger partial charge is 0.488 e. The van der Waals surface area contributed by atoms with Gasteiger partial charge in [0.05, 0.1) is 13.1 Å². The lowest BCUT2D eigenvalue weighted by molar-refractivity contribution is -0.925. The van der Waals surface area contributed by atoms with E-state index < -0.39 is 0 Å². The molecule has 134 valence electrons. The number of likely N-dealkylation sites (N-methyl/N-ethyl adjacent to an activating group) is 1. The number of halogens is 1. The van der Waals surface area contributed by atoms with Gasteiger partial charge in [0.25, 0.3) is 0 Å². The van der Waals surface area contributed by atoms with Crippen molar-refractivity contribution in [3.8, 4) is 5.75 Å². The smallest absolute Gasteiger partial charge is 0.137 e. The molecule has 0 aromatic heterocycles. The number of benzene rings is 2. The van der Waals surface area contributed by atoms with E-state index in [9.17, 15) is 4.39 Å². The molecule has 0 radical (unpaired) electrons. The van der Waals surface area contributed by atoms with Crippen molar-refractivity contribution in [3.05, 3.63) is 65.5 Å². The minimum atomic E-state index is -0.214. The van der Waals surface area contributed by atoms with Gasteiger partial charge in [-0.2, -0.15) is 0 Å². The number of rotatable bonds is 8. The first-order valence-corrected chi connectivity index (χ1v) is 9.37. The van der Waals surface area contributed by atoms with Crippen LogP contribution in [0.1, 0.15) is 30.9 Å². The topological polar surface area (TPSA) is 30.3 Å². The summed E-state index contributed by atoms with van der Waals surface area (Å²) in [4.78, 5) is 1.75. The second-order valence-electron chi connectivity index (χ2n) is 6.85. The summed E-state index contributed by atoms with van der Waals surface area (Å²) in [5.74, 6) is 0.711. The molecule has 1 heterocycles. The molecule has 1 fully saturated rings. The average Bonchev–Trinajstić information content (AvgIpc) is 3.10. The zero-order valence-electron chi connectivity index (χ0n) is 15.0. The van der Waals surface area contributed by atoms with Gasteiger partial charge in [0.2, 0.25) is 0 Å². The lowest BCUT2D eigenvalue weighted by atomic mass is 10.1. The predicted molar refractivity (Wildman–Crippen MR) is 97.1 cm³/mol. The highest BCUT2D eigenvalue weighted by molar-refractivity contribution is 5.32. The number of likely N-dealkylation sites (tertiary alicyclic amines) is 1. The van der Waals surface area contributed by atoms with Gasteiger partial charge in [0.1, 0.15) is 37.3 Å². The number of ether oxygens (including phenoxy) is 1. The Kier molecular flexibility index (Phi) is 6.42. The van der Waals surface area contributed by atoms with E-state index >= 15 is 0 Å². The molecule has 0 amide bonds. The number of hydrogen-bond donors (Lipinski definition) is 2. The van der Waals surface area contributed by atoms with E-state index in [1.807, 2.05) is 12.1 Å². The maximum atomic E-state index is 13.0. The second-order valence-corrected chi connectivity index (χ2v) is 6.85. The van der Waals surface area contributed by atoms with Gasteiger partial charge in [-0.3, -0.25) is 0 Å². The molecular formula is C21H29FN2O+2. The average molecular weight is 344 g/mol. The van der Waals surface area contributed by atoms with Gasteiger partial charge in [0.15, 0.2) is 0 Å². The molecule has 3 N–H and O–H groups in total. The summed E-state index contributed by atoms with van der Waals surface area (Å²) < 4.78 is 19.0. The molecule has 2 atom stereocenters. The maximum absolute atomic E-state index is 13.0. The van der Waals surface area contributed by atoms with Crippen LogP contribution in [0.5, 0.6) is 5.75 Å². The lowest BCUT2D eigenvalue weighted by Gasteiger charge is -2.18. The van der Waals surface area contributed by atoms with E-state index in [-0.39, 0.29) is 5.82 Å². The normalized spacial score (nSPS) is 19.9. The Morgan fingerprint density at radius 3 is 2.76 bits per heavy atom. The van der Waals surface area contributed by atoms with Crippen LogP contribution in [0, 0.1) is 5.82 Å². The van der Waals surface area contributed by atoms with E-state index in [1.165, 1.54) is 50.2 Å². The van der Waals surface area contributed by atoms with Crippen molar-refractivity contribution in [2.75, 3.05) is 19.6 Å². The molecule has 1 aliphatic heterocycles. The molecule has 3 nitrogen and oxygen atoms in total. The fourth-order valence-corrected chi connectivity index (χ4v) is 3.73. The zero-order valence-corrected chi connectivity index (χ0v) is 15.0. The molecule has 4 heteroatoms. The molecule has 2 aromatic rings. The summed E-state index contributed by atoms with van der Waals surface area (Å²) in [5, 5.41) is 2.41. The number of hydrogen-bond acceptors (Lipinski definition) is 1. The summed E-state index contributed by atoms with van der Waals surface area (Å²) in [5.41, 5.74) is 2.20. The highest BCUT2D eigenvalue weighted by atomic mass is 19.1. The van der Waals surface area contributed by atoms with Crippen molar-refractivity contribution in [3.63, 3.8) is 0 Å². The van der Waals surface area contributed by atoms with Crippen molar-refractivity contribution in [2.45, 2.75) is 39.0 Å². The second kappa shape index (κ2) is 8.97. The Balaban J connectivity index is 1.52. The Hall–Kier alpha value is -1.91. The molecule has 3 rings (SSSR count). The van der Waals surface area contributed by atoms with Gasteiger partial charge in [-0.1, -0.05) is 24.3 Å². The SMILES string of the molecule is CC[NH+]1CCC[C@H]1C[NH2+]Cc1ccccc1OCc1ccc(F)cc1. The summed E-state index contributed by atoms with van der Waals surface area (Å²) >= 11 is 0. The highest BCUT2D eigenvalue weighted by Gasteiger charge is 2.28. The zero-order chi connectivity index (χ0) is 17.5. The Morgan fingerprint density at radius 2 is 1.96 bits per heavy atom. The fourth-order valence-electron chi connectivity index (χ4n) is 3.73. The van der Waals surface area contributed by atoms with Crippen molar-refractivity contribution in [1.29, 1.82) is 0 Å². The van der Waals surface area contributed by atoms with E-state index in [4.69, 9.17) is 4.74 Å². The third-order valence-corrected chi connectivity index (χ3v) is 5.18. The predicted octanol–water partition coefficient (Wildman–Crippen LogP) is 1.54. The van der Waals surface area contributed by atoms with Crippen molar-refractivity contribution >= 4 is 0 Å². The van der Waals surface area contributed by atoms with Crippen LogP contribution in [0.4, 0.5) is 4.39 Å². The third-order valence-electron chi connectivity index (χ3n) is 5.18. The monoisotopic (exact) mass is 344 g/mol. The van der Waals surface area contributed by atoms with Gasteiger partial charge in [-0.05, 0) is 36.8 Å². The number of quaternary nitrogens is 2. The molecule has 1 aliphatic rings. The van der Waals surface area contributed by atoms with Gasteiger partial charge < -0.3 is 15.0 Å². The quantitative estimate of drug-likeness (QED) is 0.748. The number of para-hydroxylation sites is 1. The van der Waals surface area contributed by atoms with Crippen molar-refractivity contribution in [1.82, 2.24) is 0 Å². The van der Waals surface area contributed by atoms with E-state index in [2.05, 4.69) is 24.4 Å². The summed E-state index contributed by atoms with van der Waals surface area (Å²) in [6, 6.07) is 15.5. The van der Waals surface area contributed by atoms with Gasteiger partial charge >= 0.3 is 0 Å². The summed E-state index contributed by atoms with van der Waals surface area (Å²) in [7, 11) is 0. The molecule has 2 aromatic carbocycles. The van der Waals surface area contributed by atoms with Crippen LogP contribution in [-0.2, 0) is 13.2 Å². The molecule has 25 heavy (non-hydrogen) atoms. The Labute approximate surface area is 149 Å². The van der Waals surface area contributed by atoms with E-state index in [1.54, 1.807) is 17.0 Å². The molecule has 1 unspecified atom stereocenters. The van der Waals surface area contributed by atoms with Crippen molar-refractivity contribution < 1.29 is 19.3 Å². The highest BCUT2D eigenvalue weighted by Crippen LogP contribution is 2.18. The first kappa shape index (κ1) is 17.9. The minimum Gasteiger partial charge on any atom is -0.488 e. The van der Waals surface area contributed by atoms with Crippen LogP contribution in [0.25, 0.3) is 0 Å². The molecule has 0 spiro atoms. The first-order chi connectivity index (χ1) is 12.3. The van der Waals surface area contributed by atoms with Gasteiger partial charge in [-0.15, -0.1) is 0 Å². The lowest BCUT2D eigenvalue weighted by Crippen LogP contribution is -3.16. The third kappa shape index (κ3) is 5.03. The van der Waals surface area contributed by atoms with E-state index in [0.29, 0.717) is 6.61 Å². The Morgan fingerprint density at radius 1 is 1.16 bits per heavy atom. The van der Waals surface area contributed by atoms with Gasteiger partial charge in [-0.25, -0.2) is 4.39 Å². The Bertz CT molecular complexity index is 659. The van der Waals surface area contributed by atoms with Crippen LogP contribution in [-0.4, -0.2) is 25.7 Å². The first-order valence-electron chi connectivity index (χ1n) is 9.37. The minimum absolute atomic E-state index is 0.214. The molecule has 0 bridgehead atoms. The van der Waals surface area contributed by atoms with Gasteiger partial charge in [0, 0.05) is 18.4 Å². The molecule has 1 saturated heterocycles. The number of nitrogens with one attached hydrogen (secondary N) is 1. The van der Waals surface area contributed by atoms with Crippen molar-refractivity contribution in [2.24, 2.45) is 0 Å². The fraction of sp³-hybridized carbons (Fsp3) is 0.429. The van der Waals surface area contributed by atoms with Crippen LogP contribution < -0.4 is 15.0 Å². The summed E-state index contributed by atoms with van der Waals surface area (Å²) in [6.07, 6.45) is 2.71. The maximum Gasteiger partial charge on any atom is 0.137 e. The van der Waals surface area contributed by atoms with Crippen LogP contribution in [0.15, 0.2) is 48.5 Å². The van der Waals surface area contributed by atoms with Crippen LogP contribution in [0.2, 0.25) is 0 Å². The van der Waals surface area contributed by atoms with Crippen LogP contribution >= 0.6 is 0 Å². The molecule has 0 aliphatic carbocycles. The molecule has 0 saturated carbocycles. The standard InChI is InChI=1S/C21H27FN2O/c1-2-24-13-5-7-20(24)15-23-14-18-6-3-4-8-21(18)25-16-17-9-11-19(22)12-10-17/h3-4,6,8-12,20,23H,2,5,7,13-16H2,1H3/p+2/t20-/m0/s1. The summed E-state index contributed by atoms with van der Waals surface area (Å²) in [6.45, 7) is 7.42. The number of nitrogens with two attached hydrogens (primary N) is 1. The van der Waals surface area contributed by atoms with E-state index in [0.717, 1.165) is 23.9 Å². The van der Waals surface area contributed by atoms with Crippen LogP contribution in [0.3, 0.4) is 0 Å². The molecular weight excluding hydrogens is 315 g/mol.